The van der Waals surface area contributed by atoms with Gasteiger partial charge >= 0.3 is 0 Å². The van der Waals surface area contributed by atoms with E-state index in [4.69, 9.17) is 21.1 Å². The molecule has 1 aromatic heterocycles. The van der Waals surface area contributed by atoms with Gasteiger partial charge < -0.3 is 14.7 Å². The van der Waals surface area contributed by atoms with Crippen molar-refractivity contribution in [3.8, 4) is 11.4 Å². The summed E-state index contributed by atoms with van der Waals surface area (Å²) in [6.45, 7) is 7.36. The van der Waals surface area contributed by atoms with E-state index in [9.17, 15) is 0 Å². The van der Waals surface area contributed by atoms with E-state index >= 15 is 0 Å². The van der Waals surface area contributed by atoms with Crippen LogP contribution in [0.5, 0.6) is 0 Å². The van der Waals surface area contributed by atoms with E-state index in [1.807, 2.05) is 24.3 Å². The normalized spacial score (nSPS) is 19.6. The minimum Gasteiger partial charge on any atom is -0.357 e. The van der Waals surface area contributed by atoms with Crippen molar-refractivity contribution in [2.75, 3.05) is 32.7 Å². The number of nitrogens with zero attached hydrogens (tertiary/aromatic N) is 5. The first-order valence-electron chi connectivity index (χ1n) is 9.73. The maximum absolute atomic E-state index is 6.04. The Bertz CT molecular complexity index is 862. The Labute approximate surface area is 193 Å². The van der Waals surface area contributed by atoms with E-state index in [-0.39, 0.29) is 24.0 Å². The Morgan fingerprint density at radius 2 is 2.17 bits per heavy atom. The third-order valence-electron chi connectivity index (χ3n) is 5.08. The molecule has 0 radical (unpaired) electrons. The van der Waals surface area contributed by atoms with Gasteiger partial charge in [-0.25, -0.2) is 4.99 Å². The van der Waals surface area contributed by atoms with Gasteiger partial charge in [-0.2, -0.15) is 4.98 Å². The third-order valence-corrected chi connectivity index (χ3v) is 5.31. The second kappa shape index (κ2) is 10.4. The fourth-order valence-electron chi connectivity index (χ4n) is 3.66. The number of aliphatic imine (C=N–C) groups is 1. The van der Waals surface area contributed by atoms with E-state index in [1.54, 1.807) is 0 Å². The molecule has 2 aliphatic heterocycles. The second-order valence-electron chi connectivity index (χ2n) is 7.01. The third kappa shape index (κ3) is 5.49. The van der Waals surface area contributed by atoms with Gasteiger partial charge in [0.15, 0.2) is 5.96 Å². The van der Waals surface area contributed by atoms with Crippen LogP contribution < -0.4 is 5.32 Å². The average Bonchev–Trinajstić information content (AvgIpc) is 3.46. The molecule has 3 heterocycles. The summed E-state index contributed by atoms with van der Waals surface area (Å²) < 4.78 is 5.38. The fraction of sp³-hybridized carbons (Fsp3) is 0.450. The van der Waals surface area contributed by atoms with Gasteiger partial charge in [0, 0.05) is 49.4 Å². The van der Waals surface area contributed by atoms with E-state index in [1.165, 1.54) is 0 Å². The number of rotatable bonds is 5. The van der Waals surface area contributed by atoms with Crippen LogP contribution in [0.3, 0.4) is 0 Å². The molecule has 9 heteroatoms. The minimum absolute atomic E-state index is 0. The molecule has 1 fully saturated rings. The highest BCUT2D eigenvalue weighted by atomic mass is 127. The number of halogens is 2. The van der Waals surface area contributed by atoms with Crippen molar-refractivity contribution in [3.63, 3.8) is 0 Å². The Hall–Kier alpha value is -1.65. The highest BCUT2D eigenvalue weighted by molar-refractivity contribution is 14.0. The van der Waals surface area contributed by atoms with Crippen molar-refractivity contribution < 1.29 is 4.52 Å². The quantitative estimate of drug-likeness (QED) is 0.278. The van der Waals surface area contributed by atoms with Crippen molar-refractivity contribution in [1.82, 2.24) is 25.3 Å². The zero-order valence-corrected chi connectivity index (χ0v) is 19.5. The predicted octanol–water partition coefficient (Wildman–Crippen LogP) is 3.42. The van der Waals surface area contributed by atoms with Crippen molar-refractivity contribution in [2.45, 2.75) is 25.9 Å². The van der Waals surface area contributed by atoms with Crippen LogP contribution >= 0.6 is 35.6 Å². The number of hydrogen-bond donors (Lipinski definition) is 1. The summed E-state index contributed by atoms with van der Waals surface area (Å²) in [6, 6.07) is 8.00. The molecular formula is C20H26ClIN6O. The standard InChI is InChI=1S/C20H25ClN6O.HI/c1-2-22-20(27-11-8-17(14-27)26-9-3-4-10-26)23-13-18-24-19(25-28-18)15-6-5-7-16(21)12-15;/h3-7,12,17H,2,8-11,13-14H2,1H3,(H,22,23);1H. The van der Waals surface area contributed by atoms with Gasteiger partial charge in [0.05, 0.1) is 0 Å². The van der Waals surface area contributed by atoms with Gasteiger partial charge in [-0.1, -0.05) is 41.0 Å². The Balaban J connectivity index is 0.00000240. The number of benzene rings is 1. The van der Waals surface area contributed by atoms with Crippen LogP contribution in [0.25, 0.3) is 11.4 Å². The molecule has 4 rings (SSSR count). The smallest absolute Gasteiger partial charge is 0.248 e. The lowest BCUT2D eigenvalue weighted by Crippen LogP contribution is -2.42. The summed E-state index contributed by atoms with van der Waals surface area (Å²) in [5.74, 6) is 1.92. The SMILES string of the molecule is CCNC(=NCc1nc(-c2cccc(Cl)c2)no1)N1CCC(N2CC=CC2)C1.I. The van der Waals surface area contributed by atoms with Crippen LogP contribution in [0, 0.1) is 0 Å². The van der Waals surface area contributed by atoms with Crippen LogP contribution in [0.2, 0.25) is 5.02 Å². The van der Waals surface area contributed by atoms with Crippen molar-refractivity contribution in [1.29, 1.82) is 0 Å². The first kappa shape index (κ1) is 22.0. The minimum atomic E-state index is 0. The summed E-state index contributed by atoms with van der Waals surface area (Å²) >= 11 is 6.04. The fourth-order valence-corrected chi connectivity index (χ4v) is 3.85. The van der Waals surface area contributed by atoms with Crippen LogP contribution in [0.1, 0.15) is 19.2 Å². The average molecular weight is 529 g/mol. The molecule has 0 saturated carbocycles. The number of likely N-dealkylation sites (tertiary alicyclic amines) is 1. The first-order valence-corrected chi connectivity index (χ1v) is 10.1. The van der Waals surface area contributed by atoms with Gasteiger partial charge in [0.2, 0.25) is 11.7 Å². The molecule has 2 aliphatic rings. The zero-order valence-electron chi connectivity index (χ0n) is 16.4. The zero-order chi connectivity index (χ0) is 19.3. The molecular weight excluding hydrogens is 503 g/mol. The van der Waals surface area contributed by atoms with Gasteiger partial charge in [-0.15, -0.1) is 24.0 Å². The lowest BCUT2D eigenvalue weighted by atomic mass is 10.2. The van der Waals surface area contributed by atoms with Crippen LogP contribution in [0.4, 0.5) is 0 Å². The Morgan fingerprint density at radius 3 is 2.93 bits per heavy atom. The van der Waals surface area contributed by atoms with Gasteiger partial charge in [0.25, 0.3) is 0 Å². The molecule has 29 heavy (non-hydrogen) atoms. The topological polar surface area (TPSA) is 69.8 Å². The highest BCUT2D eigenvalue weighted by Crippen LogP contribution is 2.21. The summed E-state index contributed by atoms with van der Waals surface area (Å²) in [5.41, 5.74) is 0.833. The monoisotopic (exact) mass is 528 g/mol. The van der Waals surface area contributed by atoms with Gasteiger partial charge in [-0.05, 0) is 25.5 Å². The Morgan fingerprint density at radius 1 is 1.34 bits per heavy atom. The number of hydrogen-bond acceptors (Lipinski definition) is 5. The summed E-state index contributed by atoms with van der Waals surface area (Å²) in [5, 5.41) is 8.08. The summed E-state index contributed by atoms with van der Waals surface area (Å²) in [6.07, 6.45) is 5.65. The molecule has 0 amide bonds. The van der Waals surface area contributed by atoms with Crippen LogP contribution in [-0.2, 0) is 6.54 Å². The lowest BCUT2D eigenvalue weighted by Gasteiger charge is -2.25. The van der Waals surface area contributed by atoms with E-state index in [0.717, 1.165) is 50.7 Å². The van der Waals surface area contributed by atoms with E-state index < -0.39 is 0 Å². The molecule has 156 valence electrons. The van der Waals surface area contributed by atoms with Crippen LogP contribution in [-0.4, -0.2) is 64.7 Å². The molecule has 1 unspecified atom stereocenters. The molecule has 7 nitrogen and oxygen atoms in total. The molecule has 2 aromatic rings. The molecule has 1 atom stereocenters. The lowest BCUT2D eigenvalue weighted by molar-refractivity contribution is 0.259. The molecule has 0 aliphatic carbocycles. The predicted molar refractivity (Wildman–Crippen MR) is 126 cm³/mol. The number of nitrogens with one attached hydrogen (secondary N) is 1. The molecule has 1 N–H and O–H groups in total. The molecule has 0 spiro atoms. The largest absolute Gasteiger partial charge is 0.357 e. The second-order valence-corrected chi connectivity index (χ2v) is 7.44. The molecule has 1 aromatic carbocycles. The van der Waals surface area contributed by atoms with Crippen LogP contribution in [0.15, 0.2) is 45.9 Å². The highest BCUT2D eigenvalue weighted by Gasteiger charge is 2.29. The summed E-state index contributed by atoms with van der Waals surface area (Å²) in [7, 11) is 0. The van der Waals surface area contributed by atoms with E-state index in [0.29, 0.717) is 29.3 Å². The Kier molecular flexibility index (Phi) is 7.91. The van der Waals surface area contributed by atoms with Crippen molar-refractivity contribution in [2.24, 2.45) is 4.99 Å². The maximum atomic E-state index is 6.04. The summed E-state index contributed by atoms with van der Waals surface area (Å²) in [4.78, 5) is 14.0. The molecule has 0 bridgehead atoms. The first-order chi connectivity index (χ1) is 13.7. The van der Waals surface area contributed by atoms with E-state index in [2.05, 4.69) is 44.3 Å². The number of aromatic nitrogens is 2. The van der Waals surface area contributed by atoms with Crippen molar-refractivity contribution in [3.05, 3.63) is 47.3 Å². The molecule has 1 saturated heterocycles. The maximum Gasteiger partial charge on any atom is 0.248 e. The van der Waals surface area contributed by atoms with Gasteiger partial charge in [-0.3, -0.25) is 4.90 Å². The number of guanidine groups is 1. The van der Waals surface area contributed by atoms with Crippen molar-refractivity contribution >= 4 is 41.5 Å². The van der Waals surface area contributed by atoms with Gasteiger partial charge in [0.1, 0.15) is 6.54 Å².